The quantitative estimate of drug-likeness (QED) is 0.671. The number of nitrogens with zero attached hydrogens (tertiary/aromatic N) is 4. The van der Waals surface area contributed by atoms with Gasteiger partial charge in [0.15, 0.2) is 5.65 Å². The molecule has 0 saturated heterocycles. The Morgan fingerprint density at radius 2 is 1.90 bits per heavy atom. The minimum Gasteiger partial charge on any atom is -0.396 e. The summed E-state index contributed by atoms with van der Waals surface area (Å²) < 4.78 is 27.6. The van der Waals surface area contributed by atoms with Crippen molar-refractivity contribution in [2.24, 2.45) is 11.8 Å². The molecule has 0 unspecified atom stereocenters. The van der Waals surface area contributed by atoms with Crippen molar-refractivity contribution in [2.75, 3.05) is 18.6 Å². The minimum absolute atomic E-state index is 0.232. The number of anilines is 1. The molecule has 3 aromatic rings. The van der Waals surface area contributed by atoms with Crippen LogP contribution in [0.25, 0.3) is 11.0 Å². The Bertz CT molecular complexity index is 1140. The largest absolute Gasteiger partial charge is 0.396 e. The Morgan fingerprint density at radius 1 is 1.17 bits per heavy atom. The molecule has 0 spiro atoms. The van der Waals surface area contributed by atoms with E-state index in [1.54, 1.807) is 36.5 Å². The highest BCUT2D eigenvalue weighted by Crippen LogP contribution is 2.35. The number of rotatable bonds is 5. The van der Waals surface area contributed by atoms with Gasteiger partial charge in [-0.2, -0.15) is 0 Å². The second kappa shape index (κ2) is 8.00. The lowest BCUT2D eigenvalue weighted by Crippen LogP contribution is -2.42. The topological polar surface area (TPSA) is 88.3 Å². The molecule has 1 aliphatic carbocycles. The molecule has 2 aromatic heterocycles. The molecule has 0 aliphatic heterocycles. The maximum atomic E-state index is 13.2. The van der Waals surface area contributed by atoms with Crippen LogP contribution in [0.2, 0.25) is 0 Å². The first kappa shape index (κ1) is 20.8. The number of aryl methyl sites for hydroxylation is 1. The van der Waals surface area contributed by atoms with Gasteiger partial charge < -0.3 is 10.0 Å². The maximum absolute atomic E-state index is 13.2. The molecule has 4 rings (SSSR count). The predicted octanol–water partition coefficient (Wildman–Crippen LogP) is 3.21. The summed E-state index contributed by atoms with van der Waals surface area (Å²) in [5.41, 5.74) is 1.38. The molecule has 3 atom stereocenters. The van der Waals surface area contributed by atoms with E-state index in [2.05, 4.69) is 21.8 Å². The molecule has 7 nitrogen and oxygen atoms in total. The summed E-state index contributed by atoms with van der Waals surface area (Å²) in [6.45, 7) is 4.36. The van der Waals surface area contributed by atoms with Crippen molar-refractivity contribution >= 4 is 26.9 Å². The molecular formula is C22H28N4O3S. The highest BCUT2D eigenvalue weighted by molar-refractivity contribution is 7.90. The summed E-state index contributed by atoms with van der Waals surface area (Å²) in [6.07, 6.45) is 5.91. The molecule has 8 heteroatoms. The zero-order valence-electron chi connectivity index (χ0n) is 17.6. The van der Waals surface area contributed by atoms with E-state index >= 15 is 0 Å². The Balaban J connectivity index is 1.71. The van der Waals surface area contributed by atoms with Crippen LogP contribution in [-0.4, -0.2) is 47.2 Å². The summed E-state index contributed by atoms with van der Waals surface area (Å²) in [5.74, 6) is 1.50. The monoisotopic (exact) mass is 428 g/mol. The SMILES string of the molecule is Cc1ccc(S(=O)(=O)n2ccc3c(N(C)[C@@H]4CC[C@@H](CO)C[C@@H]4C)ncnc32)cc1. The van der Waals surface area contributed by atoms with Gasteiger partial charge in [0, 0.05) is 25.9 Å². The molecule has 1 aliphatic rings. The second-order valence-corrected chi connectivity index (χ2v) is 10.2. The van der Waals surface area contributed by atoms with Gasteiger partial charge in [0.05, 0.1) is 10.3 Å². The van der Waals surface area contributed by atoms with Gasteiger partial charge in [-0.05, 0) is 56.2 Å². The highest BCUT2D eigenvalue weighted by atomic mass is 32.2. The van der Waals surface area contributed by atoms with Gasteiger partial charge >= 0.3 is 0 Å². The summed E-state index contributed by atoms with van der Waals surface area (Å²) in [5, 5.41) is 10.2. The smallest absolute Gasteiger partial charge is 0.269 e. The van der Waals surface area contributed by atoms with Crippen LogP contribution in [0.3, 0.4) is 0 Å². The molecule has 0 radical (unpaired) electrons. The van der Waals surface area contributed by atoms with Crippen LogP contribution in [0, 0.1) is 18.8 Å². The van der Waals surface area contributed by atoms with E-state index in [1.165, 1.54) is 10.3 Å². The molecule has 1 N–H and O–H groups in total. The normalized spacial score (nSPS) is 22.3. The summed E-state index contributed by atoms with van der Waals surface area (Å²) in [6, 6.07) is 8.87. The van der Waals surface area contributed by atoms with Gasteiger partial charge in [0.25, 0.3) is 10.0 Å². The van der Waals surface area contributed by atoms with Crippen LogP contribution in [0.4, 0.5) is 5.82 Å². The van der Waals surface area contributed by atoms with E-state index < -0.39 is 10.0 Å². The van der Waals surface area contributed by atoms with E-state index in [1.807, 2.05) is 14.0 Å². The van der Waals surface area contributed by atoms with Gasteiger partial charge in [0.2, 0.25) is 0 Å². The molecule has 1 fully saturated rings. The zero-order chi connectivity index (χ0) is 21.5. The van der Waals surface area contributed by atoms with Gasteiger partial charge in [-0.1, -0.05) is 24.6 Å². The zero-order valence-corrected chi connectivity index (χ0v) is 18.4. The van der Waals surface area contributed by atoms with Crippen LogP contribution < -0.4 is 4.90 Å². The van der Waals surface area contributed by atoms with Crippen LogP contribution in [-0.2, 0) is 10.0 Å². The molecule has 1 aromatic carbocycles. The van der Waals surface area contributed by atoms with E-state index in [-0.39, 0.29) is 17.5 Å². The molecule has 2 heterocycles. The summed E-state index contributed by atoms with van der Waals surface area (Å²) >= 11 is 0. The van der Waals surface area contributed by atoms with Crippen LogP contribution >= 0.6 is 0 Å². The number of aliphatic hydroxyl groups excluding tert-OH is 1. The van der Waals surface area contributed by atoms with Crippen molar-refractivity contribution < 1.29 is 13.5 Å². The number of aliphatic hydroxyl groups is 1. The van der Waals surface area contributed by atoms with Gasteiger partial charge in [-0.15, -0.1) is 0 Å². The van der Waals surface area contributed by atoms with Crippen LogP contribution in [0.15, 0.2) is 47.8 Å². The molecule has 1 saturated carbocycles. The minimum atomic E-state index is -3.75. The average molecular weight is 429 g/mol. The van der Waals surface area contributed by atoms with Gasteiger partial charge in [-0.25, -0.2) is 22.4 Å². The molecule has 160 valence electrons. The van der Waals surface area contributed by atoms with E-state index in [9.17, 15) is 13.5 Å². The van der Waals surface area contributed by atoms with Crippen molar-refractivity contribution in [3.8, 4) is 0 Å². The first-order valence-corrected chi connectivity index (χ1v) is 11.7. The van der Waals surface area contributed by atoms with Crippen LogP contribution in [0.1, 0.15) is 31.7 Å². The summed E-state index contributed by atoms with van der Waals surface area (Å²) in [4.78, 5) is 11.2. The molecule has 0 bridgehead atoms. The molecule has 0 amide bonds. The van der Waals surface area contributed by atoms with Crippen LogP contribution in [0.5, 0.6) is 0 Å². The first-order chi connectivity index (χ1) is 14.3. The Kier molecular flexibility index (Phi) is 5.55. The van der Waals surface area contributed by atoms with Crippen molar-refractivity contribution in [1.29, 1.82) is 0 Å². The predicted molar refractivity (Wildman–Crippen MR) is 117 cm³/mol. The van der Waals surface area contributed by atoms with E-state index in [0.717, 1.165) is 30.6 Å². The highest BCUT2D eigenvalue weighted by Gasteiger charge is 2.31. The van der Waals surface area contributed by atoms with E-state index in [4.69, 9.17) is 0 Å². The first-order valence-electron chi connectivity index (χ1n) is 10.3. The third kappa shape index (κ3) is 3.58. The Morgan fingerprint density at radius 3 is 2.57 bits per heavy atom. The number of fused-ring (bicyclic) bond motifs is 1. The third-order valence-electron chi connectivity index (χ3n) is 6.33. The number of hydrogen-bond donors (Lipinski definition) is 1. The second-order valence-electron chi connectivity index (χ2n) is 8.38. The van der Waals surface area contributed by atoms with E-state index in [0.29, 0.717) is 22.9 Å². The lowest BCUT2D eigenvalue weighted by molar-refractivity contribution is 0.153. The fraction of sp³-hybridized carbons (Fsp3) is 0.455. The summed E-state index contributed by atoms with van der Waals surface area (Å²) in [7, 11) is -1.74. The fourth-order valence-corrected chi connectivity index (χ4v) is 5.91. The Labute approximate surface area is 177 Å². The number of hydrogen-bond acceptors (Lipinski definition) is 6. The lowest BCUT2D eigenvalue weighted by Gasteiger charge is -2.39. The number of aromatic nitrogens is 3. The standard InChI is InChI=1S/C22H28N4O3S/c1-15-4-7-18(8-5-15)30(28,29)26-11-10-19-21(23-14-24-22(19)26)25(3)20-9-6-17(13-27)12-16(20)2/h4-5,7-8,10-11,14,16-17,20,27H,6,9,12-13H2,1-3H3/t16-,17+,20+/m0/s1. The Hall–Kier alpha value is -2.45. The molecular weight excluding hydrogens is 400 g/mol. The van der Waals surface area contributed by atoms with Crippen molar-refractivity contribution in [3.05, 3.63) is 48.4 Å². The molecule has 30 heavy (non-hydrogen) atoms. The van der Waals surface area contributed by atoms with Crippen molar-refractivity contribution in [3.63, 3.8) is 0 Å². The van der Waals surface area contributed by atoms with Crippen molar-refractivity contribution in [2.45, 2.75) is 44.0 Å². The number of benzene rings is 1. The lowest BCUT2D eigenvalue weighted by atomic mass is 9.78. The maximum Gasteiger partial charge on any atom is 0.269 e. The average Bonchev–Trinajstić information content (AvgIpc) is 3.18. The third-order valence-corrected chi connectivity index (χ3v) is 8.01. The van der Waals surface area contributed by atoms with Gasteiger partial charge in [-0.3, -0.25) is 0 Å². The van der Waals surface area contributed by atoms with Gasteiger partial charge in [0.1, 0.15) is 12.1 Å². The fourth-order valence-electron chi connectivity index (χ4n) is 4.60. The van der Waals surface area contributed by atoms with Crippen molar-refractivity contribution in [1.82, 2.24) is 13.9 Å².